The standard InChI is InChI=1S/C43H53N9O4/c1-25(2)37(44)41(53)51-18-8-12-35(51)39-46-24-34(49-39)28-15-14-27-21-32(45-23-30(27)20-28)29-16-17-31-33(22-29)48-40(47-31)36-13-9-19-52(36)42(54)38(50-43(55)56-3)26-10-6-4-5-7-11-26/h14-17,20-26,35-38H,4-13,18-19,44H2,1-3H3,(H,46,49)(H,47,48)(H,50,55)/t35-,36-,37-,38-/m0/s1. The fourth-order valence-corrected chi connectivity index (χ4v) is 8.96. The van der Waals surface area contributed by atoms with Gasteiger partial charge in [0.25, 0.3) is 0 Å². The first-order valence-electron chi connectivity index (χ1n) is 20.3. The second kappa shape index (κ2) is 16.0. The summed E-state index contributed by atoms with van der Waals surface area (Å²) in [6.07, 6.45) is 12.9. The molecule has 3 amide bonds. The molecule has 3 aliphatic rings. The van der Waals surface area contributed by atoms with Gasteiger partial charge in [-0.15, -0.1) is 0 Å². The van der Waals surface area contributed by atoms with Gasteiger partial charge in [0.2, 0.25) is 11.8 Å². The largest absolute Gasteiger partial charge is 0.453 e. The SMILES string of the molecule is COC(=O)N[C@H](C(=O)N1CCC[C@H]1c1nc2ccc(-c3cc4ccc(-c5cnc([C@@H]6CCCN6C(=O)[C@@H](N)C(C)C)[nH]5)cc4cn3)cc2[nH]1)C1CCCCCC1. The molecular weight excluding hydrogens is 707 g/mol. The number of carbonyl (C=O) groups is 3. The molecule has 13 heteroatoms. The molecule has 5 N–H and O–H groups in total. The van der Waals surface area contributed by atoms with E-state index < -0.39 is 18.2 Å². The highest BCUT2D eigenvalue weighted by Crippen LogP contribution is 2.36. The maximum Gasteiger partial charge on any atom is 0.407 e. The molecule has 4 atom stereocenters. The number of pyridine rings is 1. The van der Waals surface area contributed by atoms with Crippen LogP contribution in [0.2, 0.25) is 0 Å². The van der Waals surface area contributed by atoms with Gasteiger partial charge in [0.05, 0.1) is 53.9 Å². The monoisotopic (exact) mass is 759 g/mol. The van der Waals surface area contributed by atoms with Crippen LogP contribution >= 0.6 is 0 Å². The van der Waals surface area contributed by atoms with Crippen molar-refractivity contribution in [3.63, 3.8) is 0 Å². The summed E-state index contributed by atoms with van der Waals surface area (Å²) in [7, 11) is 1.34. The smallest absolute Gasteiger partial charge is 0.407 e. The lowest BCUT2D eigenvalue weighted by molar-refractivity contribution is -0.136. The summed E-state index contributed by atoms with van der Waals surface area (Å²) < 4.78 is 4.94. The number of amides is 3. The van der Waals surface area contributed by atoms with Gasteiger partial charge < -0.3 is 35.6 Å². The van der Waals surface area contributed by atoms with Gasteiger partial charge in [-0.1, -0.05) is 57.7 Å². The number of carbonyl (C=O) groups excluding carboxylic acids is 3. The number of methoxy groups -OCH3 is 1. The molecule has 13 nitrogen and oxygen atoms in total. The van der Waals surface area contributed by atoms with Crippen molar-refractivity contribution in [2.24, 2.45) is 17.6 Å². The van der Waals surface area contributed by atoms with Crippen molar-refractivity contribution >= 4 is 39.7 Å². The molecule has 1 saturated carbocycles. The number of nitrogens with zero attached hydrogens (tertiary/aromatic N) is 5. The minimum Gasteiger partial charge on any atom is -0.453 e. The number of rotatable bonds is 9. The van der Waals surface area contributed by atoms with Crippen molar-refractivity contribution in [2.45, 2.75) is 102 Å². The fourth-order valence-electron chi connectivity index (χ4n) is 8.96. The van der Waals surface area contributed by atoms with Crippen LogP contribution in [-0.2, 0) is 14.3 Å². The number of fused-ring (bicyclic) bond motifs is 2. The predicted octanol–water partition coefficient (Wildman–Crippen LogP) is 7.17. The maximum absolute atomic E-state index is 14.2. The van der Waals surface area contributed by atoms with Gasteiger partial charge in [-0.25, -0.2) is 14.8 Å². The highest BCUT2D eigenvalue weighted by atomic mass is 16.5. The van der Waals surface area contributed by atoms with Gasteiger partial charge in [-0.05, 0) is 80.0 Å². The second-order valence-corrected chi connectivity index (χ2v) is 16.2. The molecular formula is C43H53N9O4. The summed E-state index contributed by atoms with van der Waals surface area (Å²) in [6, 6.07) is 13.0. The number of H-pyrrole nitrogens is 2. The van der Waals surface area contributed by atoms with Gasteiger partial charge >= 0.3 is 6.09 Å². The fraction of sp³-hybridized carbons (Fsp3) is 0.488. The number of likely N-dealkylation sites (tertiary alicyclic amines) is 2. The summed E-state index contributed by atoms with van der Waals surface area (Å²) in [6.45, 7) is 5.26. The van der Waals surface area contributed by atoms with E-state index in [0.717, 1.165) is 120 Å². The molecule has 0 unspecified atom stereocenters. The van der Waals surface area contributed by atoms with Crippen LogP contribution in [0.25, 0.3) is 44.3 Å². The Hall–Kier alpha value is -5.30. The van der Waals surface area contributed by atoms with Gasteiger partial charge in [0.1, 0.15) is 17.7 Å². The molecule has 3 fully saturated rings. The maximum atomic E-state index is 14.2. The van der Waals surface area contributed by atoms with E-state index in [4.69, 9.17) is 25.4 Å². The van der Waals surface area contributed by atoms with Crippen molar-refractivity contribution in [1.82, 2.24) is 40.0 Å². The van der Waals surface area contributed by atoms with Gasteiger partial charge in [0, 0.05) is 35.8 Å². The van der Waals surface area contributed by atoms with Crippen LogP contribution in [0.15, 0.2) is 54.9 Å². The third-order valence-corrected chi connectivity index (χ3v) is 12.2. The molecule has 0 bridgehead atoms. The lowest BCUT2D eigenvalue weighted by atomic mass is 9.90. The summed E-state index contributed by atoms with van der Waals surface area (Å²) >= 11 is 0. The number of aromatic nitrogens is 5. The Balaban J connectivity index is 0.991. The van der Waals surface area contributed by atoms with E-state index in [1.807, 2.05) is 48.2 Å². The normalized spacial score (nSPS) is 20.4. The quantitative estimate of drug-likeness (QED) is 0.114. The third-order valence-electron chi connectivity index (χ3n) is 12.2. The molecule has 3 aromatic heterocycles. The van der Waals surface area contributed by atoms with Gasteiger partial charge in [-0.3, -0.25) is 14.6 Å². The zero-order valence-corrected chi connectivity index (χ0v) is 32.6. The molecule has 5 heterocycles. The first kappa shape index (κ1) is 37.6. The minimum atomic E-state index is -0.613. The van der Waals surface area contributed by atoms with Crippen molar-refractivity contribution < 1.29 is 19.1 Å². The molecule has 5 aromatic rings. The first-order valence-corrected chi connectivity index (χ1v) is 20.3. The minimum absolute atomic E-state index is 0.0167. The number of ether oxygens (including phenoxy) is 1. The van der Waals surface area contributed by atoms with E-state index in [-0.39, 0.29) is 35.7 Å². The number of aromatic amines is 2. The zero-order chi connectivity index (χ0) is 38.9. The summed E-state index contributed by atoms with van der Waals surface area (Å²) in [4.78, 5) is 65.0. The highest BCUT2D eigenvalue weighted by Gasteiger charge is 2.40. The molecule has 0 radical (unpaired) electrons. The summed E-state index contributed by atoms with van der Waals surface area (Å²) in [5.74, 6) is 1.63. The Morgan fingerprint density at radius 3 is 2.23 bits per heavy atom. The van der Waals surface area contributed by atoms with Crippen molar-refractivity contribution in [1.29, 1.82) is 0 Å². The molecule has 0 spiro atoms. The van der Waals surface area contributed by atoms with Crippen LogP contribution in [-0.4, -0.2) is 84.9 Å². The number of nitrogens with one attached hydrogen (secondary N) is 3. The van der Waals surface area contributed by atoms with Crippen LogP contribution in [0, 0.1) is 11.8 Å². The zero-order valence-electron chi connectivity index (χ0n) is 32.6. The van der Waals surface area contributed by atoms with Gasteiger partial charge in [0.15, 0.2) is 0 Å². The van der Waals surface area contributed by atoms with E-state index >= 15 is 0 Å². The molecule has 2 aliphatic heterocycles. The molecule has 56 heavy (non-hydrogen) atoms. The average Bonchev–Trinajstić information content (AvgIpc) is 4.03. The highest BCUT2D eigenvalue weighted by molar-refractivity contribution is 5.90. The van der Waals surface area contributed by atoms with Crippen LogP contribution in [0.1, 0.15) is 102 Å². The number of nitrogens with two attached hydrogens (primary N) is 1. The Bertz CT molecular complexity index is 2220. The third kappa shape index (κ3) is 7.48. The molecule has 1 aliphatic carbocycles. The lowest BCUT2D eigenvalue weighted by Gasteiger charge is -2.32. The number of alkyl carbamates (subject to hydrolysis) is 1. The molecule has 2 aromatic carbocycles. The number of benzene rings is 2. The molecule has 294 valence electrons. The Morgan fingerprint density at radius 2 is 1.50 bits per heavy atom. The van der Waals surface area contributed by atoms with E-state index in [1.165, 1.54) is 7.11 Å². The van der Waals surface area contributed by atoms with E-state index in [0.29, 0.717) is 13.1 Å². The Morgan fingerprint density at radius 1 is 0.786 bits per heavy atom. The second-order valence-electron chi connectivity index (χ2n) is 16.2. The summed E-state index contributed by atoms with van der Waals surface area (Å²) in [5, 5.41) is 4.96. The van der Waals surface area contributed by atoms with Crippen LogP contribution in [0.5, 0.6) is 0 Å². The molecule has 8 rings (SSSR count). The predicted molar refractivity (Wildman–Crippen MR) is 215 cm³/mol. The van der Waals surface area contributed by atoms with E-state index in [9.17, 15) is 14.4 Å². The Labute approximate surface area is 327 Å². The van der Waals surface area contributed by atoms with Crippen molar-refractivity contribution in [2.75, 3.05) is 20.2 Å². The van der Waals surface area contributed by atoms with Crippen LogP contribution < -0.4 is 11.1 Å². The van der Waals surface area contributed by atoms with Crippen molar-refractivity contribution in [3.05, 3.63) is 66.5 Å². The van der Waals surface area contributed by atoms with E-state index in [1.54, 1.807) is 0 Å². The average molecular weight is 760 g/mol. The van der Waals surface area contributed by atoms with E-state index in [2.05, 4.69) is 45.6 Å². The number of imidazole rings is 2. The number of hydrogen-bond donors (Lipinski definition) is 4. The first-order chi connectivity index (χ1) is 27.2. The number of hydrogen-bond acceptors (Lipinski definition) is 8. The summed E-state index contributed by atoms with van der Waals surface area (Å²) in [5.41, 5.74) is 11.6. The topological polar surface area (TPSA) is 175 Å². The van der Waals surface area contributed by atoms with Crippen LogP contribution in [0.3, 0.4) is 0 Å². The van der Waals surface area contributed by atoms with Gasteiger partial charge in [-0.2, -0.15) is 0 Å². The lowest BCUT2D eigenvalue weighted by Crippen LogP contribution is -2.52. The van der Waals surface area contributed by atoms with Crippen molar-refractivity contribution in [3.8, 4) is 22.5 Å². The van der Waals surface area contributed by atoms with Crippen LogP contribution in [0.4, 0.5) is 4.79 Å². The molecule has 2 saturated heterocycles. The Kier molecular flexibility index (Phi) is 10.8.